The highest BCUT2D eigenvalue weighted by atomic mass is 16.5. The molecular weight excluding hydrogens is 208 g/mol. The van der Waals surface area contributed by atoms with Crippen molar-refractivity contribution in [2.45, 2.75) is 37.8 Å². The van der Waals surface area contributed by atoms with Gasteiger partial charge in [0, 0.05) is 7.11 Å². The molecule has 1 amide bonds. The van der Waals surface area contributed by atoms with Gasteiger partial charge in [0.2, 0.25) is 5.91 Å². The molecule has 0 spiro atoms. The lowest BCUT2D eigenvalue weighted by molar-refractivity contribution is -0.124. The number of carbonyl (C=O) groups excluding carboxylic acids is 1. The van der Waals surface area contributed by atoms with Crippen molar-refractivity contribution in [1.29, 1.82) is 0 Å². The summed E-state index contributed by atoms with van der Waals surface area (Å²) in [5, 5.41) is 15.1. The van der Waals surface area contributed by atoms with Crippen molar-refractivity contribution < 1.29 is 14.6 Å². The lowest BCUT2D eigenvalue weighted by Crippen LogP contribution is -2.49. The first-order chi connectivity index (χ1) is 7.77. The Morgan fingerprint density at radius 2 is 2.38 bits per heavy atom. The van der Waals surface area contributed by atoms with Crippen molar-refractivity contribution in [2.75, 3.05) is 26.9 Å². The first kappa shape index (κ1) is 13.4. The van der Waals surface area contributed by atoms with Gasteiger partial charge in [-0.1, -0.05) is 12.8 Å². The Bertz CT molecular complexity index is 203. The number of aliphatic hydroxyl groups excluding tert-OH is 1. The molecule has 1 fully saturated rings. The van der Waals surface area contributed by atoms with Crippen LogP contribution >= 0.6 is 0 Å². The molecule has 2 atom stereocenters. The molecule has 1 rings (SSSR count). The second-order valence-corrected chi connectivity index (χ2v) is 4.20. The van der Waals surface area contributed by atoms with Gasteiger partial charge < -0.3 is 20.5 Å². The zero-order chi connectivity index (χ0) is 11.8. The molecule has 3 N–H and O–H groups in total. The van der Waals surface area contributed by atoms with E-state index in [0.29, 0.717) is 6.61 Å². The van der Waals surface area contributed by atoms with Gasteiger partial charge in [0.25, 0.3) is 0 Å². The van der Waals surface area contributed by atoms with Crippen molar-refractivity contribution in [1.82, 2.24) is 10.6 Å². The second kappa shape index (κ2) is 7.60. The average Bonchev–Trinajstić information content (AvgIpc) is 2.56. The van der Waals surface area contributed by atoms with Gasteiger partial charge in [0.05, 0.1) is 25.3 Å². The maximum absolute atomic E-state index is 11.9. The molecule has 1 aliphatic rings. The Labute approximate surface area is 96.6 Å². The predicted octanol–water partition coefficient (Wildman–Crippen LogP) is -0.358. The quantitative estimate of drug-likeness (QED) is 0.603. The number of hydrogen-bond acceptors (Lipinski definition) is 4. The standard InChI is InChI=1S/C11H22N2O3/c1-16-8-9(7-14)13-11(15)10-5-3-2-4-6-12-10/h9-10,12,14H,2-8H2,1H3,(H,13,15). The fourth-order valence-corrected chi connectivity index (χ4v) is 1.90. The molecule has 1 heterocycles. The van der Waals surface area contributed by atoms with E-state index in [1.807, 2.05) is 0 Å². The van der Waals surface area contributed by atoms with E-state index in [0.717, 1.165) is 25.8 Å². The number of hydrogen-bond donors (Lipinski definition) is 3. The summed E-state index contributed by atoms with van der Waals surface area (Å²) in [5.41, 5.74) is 0. The molecular formula is C11H22N2O3. The van der Waals surface area contributed by atoms with E-state index in [1.165, 1.54) is 6.42 Å². The fourth-order valence-electron chi connectivity index (χ4n) is 1.90. The van der Waals surface area contributed by atoms with Gasteiger partial charge in [0.15, 0.2) is 0 Å². The molecule has 0 aromatic rings. The molecule has 0 aromatic carbocycles. The monoisotopic (exact) mass is 230 g/mol. The summed E-state index contributed by atoms with van der Waals surface area (Å²) >= 11 is 0. The Hall–Kier alpha value is -0.650. The van der Waals surface area contributed by atoms with E-state index in [4.69, 9.17) is 9.84 Å². The van der Waals surface area contributed by atoms with Crippen LogP contribution < -0.4 is 10.6 Å². The summed E-state index contributed by atoms with van der Waals surface area (Å²) in [5.74, 6) is -0.0296. The van der Waals surface area contributed by atoms with E-state index in [1.54, 1.807) is 7.11 Å². The Kier molecular flexibility index (Phi) is 6.37. The number of carbonyl (C=O) groups is 1. The van der Waals surface area contributed by atoms with E-state index >= 15 is 0 Å². The van der Waals surface area contributed by atoms with Crippen LogP contribution in [-0.4, -0.2) is 50.0 Å². The highest BCUT2D eigenvalue weighted by molar-refractivity contribution is 5.82. The number of aliphatic hydroxyl groups is 1. The molecule has 5 nitrogen and oxygen atoms in total. The van der Waals surface area contributed by atoms with Crippen LogP contribution in [0.1, 0.15) is 25.7 Å². The van der Waals surface area contributed by atoms with Gasteiger partial charge in [-0.2, -0.15) is 0 Å². The molecule has 2 unspecified atom stereocenters. The minimum Gasteiger partial charge on any atom is -0.394 e. The van der Waals surface area contributed by atoms with Crippen LogP contribution in [0.3, 0.4) is 0 Å². The summed E-state index contributed by atoms with van der Waals surface area (Å²) < 4.78 is 4.91. The lowest BCUT2D eigenvalue weighted by Gasteiger charge is -2.20. The fraction of sp³-hybridized carbons (Fsp3) is 0.909. The Morgan fingerprint density at radius 3 is 3.06 bits per heavy atom. The minimum atomic E-state index is -0.303. The SMILES string of the molecule is COCC(CO)NC(=O)C1CCCCCN1. The van der Waals surface area contributed by atoms with E-state index in [2.05, 4.69) is 10.6 Å². The van der Waals surface area contributed by atoms with Gasteiger partial charge in [-0.3, -0.25) is 4.79 Å². The van der Waals surface area contributed by atoms with Crippen molar-refractivity contribution in [3.05, 3.63) is 0 Å². The third-order valence-electron chi connectivity index (χ3n) is 2.81. The van der Waals surface area contributed by atoms with Gasteiger partial charge in [0.1, 0.15) is 0 Å². The number of ether oxygens (including phenoxy) is 1. The van der Waals surface area contributed by atoms with Crippen LogP contribution in [0.2, 0.25) is 0 Å². The van der Waals surface area contributed by atoms with Gasteiger partial charge in [-0.15, -0.1) is 0 Å². The van der Waals surface area contributed by atoms with Crippen molar-refractivity contribution in [3.8, 4) is 0 Å². The van der Waals surface area contributed by atoms with E-state index in [-0.39, 0.29) is 24.6 Å². The smallest absolute Gasteiger partial charge is 0.237 e. The molecule has 0 bridgehead atoms. The maximum atomic E-state index is 11.9. The Balaban J connectivity index is 2.36. The van der Waals surface area contributed by atoms with Crippen molar-refractivity contribution in [3.63, 3.8) is 0 Å². The lowest BCUT2D eigenvalue weighted by atomic mass is 10.1. The largest absolute Gasteiger partial charge is 0.394 e. The van der Waals surface area contributed by atoms with Crippen LogP contribution in [0.25, 0.3) is 0 Å². The van der Waals surface area contributed by atoms with Gasteiger partial charge in [-0.05, 0) is 19.4 Å². The molecule has 16 heavy (non-hydrogen) atoms. The summed E-state index contributed by atoms with van der Waals surface area (Å²) in [4.78, 5) is 11.9. The summed E-state index contributed by atoms with van der Waals surface area (Å²) in [6, 6.07) is -0.420. The summed E-state index contributed by atoms with van der Waals surface area (Å²) in [7, 11) is 1.55. The Morgan fingerprint density at radius 1 is 1.56 bits per heavy atom. The van der Waals surface area contributed by atoms with Crippen LogP contribution in [0.15, 0.2) is 0 Å². The minimum absolute atomic E-state index is 0.0296. The van der Waals surface area contributed by atoms with Crippen LogP contribution in [0.4, 0.5) is 0 Å². The van der Waals surface area contributed by atoms with E-state index < -0.39 is 0 Å². The molecule has 0 aliphatic carbocycles. The van der Waals surface area contributed by atoms with Crippen LogP contribution in [0, 0.1) is 0 Å². The second-order valence-electron chi connectivity index (χ2n) is 4.20. The van der Waals surface area contributed by atoms with Gasteiger partial charge in [-0.25, -0.2) is 0 Å². The van der Waals surface area contributed by atoms with Crippen LogP contribution in [-0.2, 0) is 9.53 Å². The van der Waals surface area contributed by atoms with E-state index in [9.17, 15) is 4.79 Å². The summed E-state index contributed by atoms with van der Waals surface area (Å²) in [6.07, 6.45) is 4.26. The zero-order valence-corrected chi connectivity index (χ0v) is 9.87. The molecule has 1 saturated heterocycles. The first-order valence-corrected chi connectivity index (χ1v) is 5.91. The zero-order valence-electron chi connectivity index (χ0n) is 9.87. The molecule has 94 valence electrons. The number of methoxy groups -OCH3 is 1. The van der Waals surface area contributed by atoms with Crippen molar-refractivity contribution >= 4 is 5.91 Å². The van der Waals surface area contributed by atoms with Gasteiger partial charge >= 0.3 is 0 Å². The molecule has 1 aliphatic heterocycles. The number of nitrogens with one attached hydrogen (secondary N) is 2. The predicted molar refractivity (Wildman–Crippen MR) is 61.2 cm³/mol. The number of rotatable bonds is 5. The molecule has 0 aromatic heterocycles. The highest BCUT2D eigenvalue weighted by Gasteiger charge is 2.21. The molecule has 0 saturated carbocycles. The first-order valence-electron chi connectivity index (χ1n) is 5.91. The van der Waals surface area contributed by atoms with Crippen LogP contribution in [0.5, 0.6) is 0 Å². The summed E-state index contributed by atoms with van der Waals surface area (Å²) in [6.45, 7) is 1.15. The maximum Gasteiger partial charge on any atom is 0.237 e. The average molecular weight is 230 g/mol. The third-order valence-corrected chi connectivity index (χ3v) is 2.81. The highest BCUT2D eigenvalue weighted by Crippen LogP contribution is 2.08. The number of amides is 1. The molecule has 5 heteroatoms. The molecule has 0 radical (unpaired) electrons. The topological polar surface area (TPSA) is 70.6 Å². The van der Waals surface area contributed by atoms with Crippen molar-refractivity contribution in [2.24, 2.45) is 0 Å². The third kappa shape index (κ3) is 4.47. The normalized spacial score (nSPS) is 23.5.